The molecule has 0 spiro atoms. The molecule has 2 unspecified atom stereocenters. The van der Waals surface area contributed by atoms with Crippen LogP contribution >= 0.6 is 23.4 Å². The molecule has 32 heavy (non-hydrogen) atoms. The van der Waals surface area contributed by atoms with Crippen molar-refractivity contribution in [2.45, 2.75) is 50.1 Å². The lowest BCUT2D eigenvalue weighted by atomic mass is 10.0. The van der Waals surface area contributed by atoms with Crippen LogP contribution in [0.3, 0.4) is 0 Å². The highest BCUT2D eigenvalue weighted by Gasteiger charge is 2.38. The Bertz CT molecular complexity index is 1150. The molecule has 0 saturated carbocycles. The molecule has 7 nitrogen and oxygen atoms in total. The normalized spacial score (nSPS) is 17.4. The number of methoxy groups -OCH3 is 1. The fraction of sp³-hybridized carbons (Fsp3) is 0.348. The van der Waals surface area contributed by atoms with Gasteiger partial charge in [-0.25, -0.2) is 4.68 Å². The fourth-order valence-corrected chi connectivity index (χ4v) is 5.05. The topological polar surface area (TPSA) is 81.1 Å². The number of hydrogen-bond acceptors (Lipinski definition) is 6. The summed E-state index contributed by atoms with van der Waals surface area (Å²) in [5, 5.41) is 12.4. The molecule has 3 aromatic rings. The number of carbonyl (C=O) groups excluding carboxylic acids is 1. The number of carbonyl (C=O) groups is 1. The van der Waals surface area contributed by atoms with Crippen molar-refractivity contribution in [3.05, 3.63) is 63.9 Å². The van der Waals surface area contributed by atoms with Crippen LogP contribution in [0.15, 0.2) is 41.6 Å². The molecule has 1 aliphatic rings. The maximum absolute atomic E-state index is 13.5. The van der Waals surface area contributed by atoms with Crippen molar-refractivity contribution in [2.75, 3.05) is 17.9 Å². The molecule has 0 aliphatic carbocycles. The van der Waals surface area contributed by atoms with E-state index in [9.17, 15) is 4.79 Å². The molecule has 2 aromatic carbocycles. The van der Waals surface area contributed by atoms with Crippen LogP contribution in [0.2, 0.25) is 5.02 Å². The maximum Gasteiger partial charge on any atom is 0.240 e. The summed E-state index contributed by atoms with van der Waals surface area (Å²) >= 11 is 7.81. The molecule has 168 valence electrons. The predicted molar refractivity (Wildman–Crippen MR) is 128 cm³/mol. The molecule has 1 aliphatic heterocycles. The first-order valence-electron chi connectivity index (χ1n) is 10.5. The van der Waals surface area contributed by atoms with E-state index in [1.807, 2.05) is 54.9 Å². The van der Waals surface area contributed by atoms with E-state index in [1.165, 1.54) is 11.8 Å². The summed E-state index contributed by atoms with van der Waals surface area (Å²) in [6.45, 7) is 6.08. The Labute approximate surface area is 196 Å². The molecule has 1 aromatic heterocycles. The van der Waals surface area contributed by atoms with Gasteiger partial charge in [-0.1, -0.05) is 48.5 Å². The minimum absolute atomic E-state index is 0.112. The van der Waals surface area contributed by atoms with Gasteiger partial charge in [-0.05, 0) is 55.2 Å². The second-order valence-electron chi connectivity index (χ2n) is 7.83. The smallest absolute Gasteiger partial charge is 0.240 e. The van der Waals surface area contributed by atoms with Gasteiger partial charge in [0.25, 0.3) is 0 Å². The van der Waals surface area contributed by atoms with Gasteiger partial charge in [0, 0.05) is 12.1 Å². The molecule has 1 amide bonds. The van der Waals surface area contributed by atoms with Gasteiger partial charge < -0.3 is 15.5 Å². The van der Waals surface area contributed by atoms with Crippen LogP contribution in [0.25, 0.3) is 0 Å². The number of nitrogens with zero attached hydrogens (tertiary/aromatic N) is 3. The molecule has 0 radical (unpaired) electrons. The van der Waals surface area contributed by atoms with E-state index in [1.54, 1.807) is 7.11 Å². The molecule has 2 atom stereocenters. The minimum atomic E-state index is -0.481. The lowest BCUT2D eigenvalue weighted by Gasteiger charge is -2.33. The SMILES string of the molecule is CCCc1nnc2n1NC(c1ccc(OC)c(Cl)c1)C(C(=O)Nc1cc(C)ccc1C)S2. The Morgan fingerprint density at radius 1 is 1.25 bits per heavy atom. The first-order valence-corrected chi connectivity index (χ1v) is 11.8. The number of nitrogens with one attached hydrogen (secondary N) is 2. The average molecular weight is 472 g/mol. The second-order valence-corrected chi connectivity index (χ2v) is 9.35. The Hall–Kier alpha value is -2.71. The van der Waals surface area contributed by atoms with Crippen molar-refractivity contribution in [1.29, 1.82) is 0 Å². The molecule has 0 fully saturated rings. The Kier molecular flexibility index (Phi) is 6.62. The van der Waals surface area contributed by atoms with E-state index >= 15 is 0 Å². The third-order valence-electron chi connectivity index (χ3n) is 5.42. The fourth-order valence-electron chi connectivity index (χ4n) is 3.68. The zero-order valence-corrected chi connectivity index (χ0v) is 20.0. The molecule has 0 bridgehead atoms. The number of rotatable bonds is 6. The number of amides is 1. The van der Waals surface area contributed by atoms with Crippen molar-refractivity contribution < 1.29 is 9.53 Å². The zero-order chi connectivity index (χ0) is 22.8. The number of hydrogen-bond donors (Lipinski definition) is 2. The molecule has 2 N–H and O–H groups in total. The number of anilines is 1. The van der Waals surface area contributed by atoms with Gasteiger partial charge in [-0.2, -0.15) is 0 Å². The third-order valence-corrected chi connectivity index (χ3v) is 6.93. The zero-order valence-electron chi connectivity index (χ0n) is 18.5. The van der Waals surface area contributed by atoms with Crippen molar-refractivity contribution in [3.8, 4) is 5.75 Å². The van der Waals surface area contributed by atoms with E-state index in [0.717, 1.165) is 41.0 Å². The van der Waals surface area contributed by atoms with Crippen LogP contribution in [-0.4, -0.2) is 33.1 Å². The van der Waals surface area contributed by atoms with E-state index in [2.05, 4.69) is 27.9 Å². The predicted octanol–water partition coefficient (Wildman–Crippen LogP) is 4.91. The Balaban J connectivity index is 1.70. The van der Waals surface area contributed by atoms with Crippen LogP contribution in [-0.2, 0) is 11.2 Å². The van der Waals surface area contributed by atoms with Crippen molar-refractivity contribution in [2.24, 2.45) is 0 Å². The highest BCUT2D eigenvalue weighted by Crippen LogP contribution is 2.39. The Morgan fingerprint density at radius 2 is 2.06 bits per heavy atom. The summed E-state index contributed by atoms with van der Waals surface area (Å²) < 4.78 is 7.19. The minimum Gasteiger partial charge on any atom is -0.495 e. The van der Waals surface area contributed by atoms with Crippen LogP contribution in [0.4, 0.5) is 5.69 Å². The molecule has 0 saturated heterocycles. The van der Waals surface area contributed by atoms with E-state index in [0.29, 0.717) is 15.9 Å². The largest absolute Gasteiger partial charge is 0.495 e. The highest BCUT2D eigenvalue weighted by atomic mass is 35.5. The van der Waals surface area contributed by atoms with E-state index < -0.39 is 5.25 Å². The maximum atomic E-state index is 13.5. The number of benzene rings is 2. The number of ether oxygens (including phenoxy) is 1. The summed E-state index contributed by atoms with van der Waals surface area (Å²) in [7, 11) is 1.58. The summed E-state index contributed by atoms with van der Waals surface area (Å²) in [5.41, 5.74) is 7.25. The average Bonchev–Trinajstić information content (AvgIpc) is 3.17. The van der Waals surface area contributed by atoms with Gasteiger partial charge in [0.1, 0.15) is 11.0 Å². The molecule has 4 rings (SSSR count). The first-order chi connectivity index (χ1) is 15.4. The molecule has 2 heterocycles. The van der Waals surface area contributed by atoms with E-state index in [4.69, 9.17) is 16.3 Å². The summed E-state index contributed by atoms with van der Waals surface area (Å²) in [4.78, 5) is 13.5. The van der Waals surface area contributed by atoms with Gasteiger partial charge >= 0.3 is 0 Å². The van der Waals surface area contributed by atoms with Gasteiger partial charge in [0.15, 0.2) is 5.82 Å². The van der Waals surface area contributed by atoms with Gasteiger partial charge in [-0.3, -0.25) is 4.79 Å². The number of aryl methyl sites for hydroxylation is 3. The lowest BCUT2D eigenvalue weighted by molar-refractivity contribution is -0.116. The molecular weight excluding hydrogens is 446 g/mol. The monoisotopic (exact) mass is 471 g/mol. The van der Waals surface area contributed by atoms with Crippen LogP contribution in [0.1, 0.15) is 41.9 Å². The van der Waals surface area contributed by atoms with Gasteiger partial charge in [0.2, 0.25) is 11.1 Å². The Morgan fingerprint density at radius 3 is 2.78 bits per heavy atom. The summed E-state index contributed by atoms with van der Waals surface area (Å²) in [5.74, 6) is 1.32. The van der Waals surface area contributed by atoms with Crippen LogP contribution in [0, 0.1) is 13.8 Å². The first kappa shape index (κ1) is 22.5. The van der Waals surface area contributed by atoms with Crippen LogP contribution in [0.5, 0.6) is 5.75 Å². The molecule has 9 heteroatoms. The van der Waals surface area contributed by atoms with E-state index in [-0.39, 0.29) is 11.9 Å². The number of fused-ring (bicyclic) bond motifs is 1. The lowest BCUT2D eigenvalue weighted by Crippen LogP contribution is -2.41. The highest BCUT2D eigenvalue weighted by molar-refractivity contribution is 8.00. The standard InChI is InChI=1S/C23H26ClN5O2S/c1-5-6-19-26-27-23-29(19)28-20(15-9-10-18(31-4)16(24)12-15)21(32-23)22(30)25-17-11-13(2)7-8-14(17)3/h7-12,20-21,28H,5-6H2,1-4H3,(H,25,30). The number of halogens is 1. The van der Waals surface area contributed by atoms with Crippen molar-refractivity contribution >= 4 is 35.0 Å². The summed E-state index contributed by atoms with van der Waals surface area (Å²) in [6.07, 6.45) is 1.73. The molecular formula is C23H26ClN5O2S. The third kappa shape index (κ3) is 4.42. The van der Waals surface area contributed by atoms with Crippen molar-refractivity contribution in [1.82, 2.24) is 14.9 Å². The van der Waals surface area contributed by atoms with Gasteiger partial charge in [0.05, 0.1) is 18.2 Å². The number of thioether (sulfide) groups is 1. The number of aromatic nitrogens is 3. The van der Waals surface area contributed by atoms with Gasteiger partial charge in [-0.15, -0.1) is 10.2 Å². The van der Waals surface area contributed by atoms with Crippen LogP contribution < -0.4 is 15.5 Å². The quantitative estimate of drug-likeness (QED) is 0.531. The second kappa shape index (κ2) is 9.42. The van der Waals surface area contributed by atoms with Crippen molar-refractivity contribution in [3.63, 3.8) is 0 Å². The summed E-state index contributed by atoms with van der Waals surface area (Å²) in [6, 6.07) is 11.3.